The minimum absolute atomic E-state index is 0.0542. The zero-order valence-corrected chi connectivity index (χ0v) is 17.3. The van der Waals surface area contributed by atoms with Crippen molar-refractivity contribution in [3.8, 4) is 17.3 Å². The molecule has 0 aliphatic heterocycles. The van der Waals surface area contributed by atoms with E-state index in [9.17, 15) is 10.1 Å². The fourth-order valence-electron chi connectivity index (χ4n) is 2.40. The van der Waals surface area contributed by atoms with Gasteiger partial charge in [0.2, 0.25) is 5.91 Å². The van der Waals surface area contributed by atoms with Crippen molar-refractivity contribution >= 4 is 45.9 Å². The van der Waals surface area contributed by atoms with E-state index in [0.717, 1.165) is 20.5 Å². The molecule has 0 atom stereocenters. The predicted molar refractivity (Wildman–Crippen MR) is 118 cm³/mol. The van der Waals surface area contributed by atoms with Gasteiger partial charge in [-0.05, 0) is 59.0 Å². The molecule has 0 saturated heterocycles. The van der Waals surface area contributed by atoms with Crippen LogP contribution < -0.4 is 5.32 Å². The maximum absolute atomic E-state index is 12.1. The summed E-state index contributed by atoms with van der Waals surface area (Å²) in [5.41, 5.74) is 3.13. The standard InChI is InChI=1S/C21H16IN3OS/c22-17-7-9-18(10-8-17)24-20(26)12-13-27-21-16(14-23)6-11-19(25-21)15-4-2-1-3-5-15/h1-11H,12-13H2,(H,24,26). The fourth-order valence-corrected chi connectivity index (χ4v) is 3.67. The van der Waals surface area contributed by atoms with Gasteiger partial charge in [0, 0.05) is 27.0 Å². The molecule has 0 aliphatic rings. The molecule has 0 bridgehead atoms. The molecule has 3 aromatic rings. The number of pyridine rings is 1. The summed E-state index contributed by atoms with van der Waals surface area (Å²) in [5.74, 6) is 0.497. The zero-order valence-electron chi connectivity index (χ0n) is 14.4. The first-order valence-electron chi connectivity index (χ1n) is 8.30. The number of aromatic nitrogens is 1. The highest BCUT2D eigenvalue weighted by atomic mass is 127. The van der Waals surface area contributed by atoms with Crippen molar-refractivity contribution in [1.29, 1.82) is 5.26 Å². The number of thioether (sulfide) groups is 1. The number of nitrogens with zero attached hydrogens (tertiary/aromatic N) is 2. The number of hydrogen-bond acceptors (Lipinski definition) is 4. The average molecular weight is 485 g/mol. The Labute approximate surface area is 176 Å². The molecule has 1 amide bonds. The van der Waals surface area contributed by atoms with Gasteiger partial charge in [-0.25, -0.2) is 4.98 Å². The molecule has 6 heteroatoms. The summed E-state index contributed by atoms with van der Waals surface area (Å²) < 4.78 is 1.12. The molecule has 3 rings (SSSR count). The van der Waals surface area contributed by atoms with E-state index in [1.54, 1.807) is 6.07 Å². The fraction of sp³-hybridized carbons (Fsp3) is 0.0952. The summed E-state index contributed by atoms with van der Waals surface area (Å²) in [6.45, 7) is 0. The molecule has 0 saturated carbocycles. The lowest BCUT2D eigenvalue weighted by atomic mass is 10.1. The molecule has 2 aromatic carbocycles. The van der Waals surface area contributed by atoms with Gasteiger partial charge in [-0.1, -0.05) is 30.3 Å². The summed E-state index contributed by atoms with van der Waals surface area (Å²) in [7, 11) is 0. The molecule has 27 heavy (non-hydrogen) atoms. The minimum Gasteiger partial charge on any atom is -0.326 e. The molecule has 1 heterocycles. The third-order valence-electron chi connectivity index (χ3n) is 3.75. The molecule has 0 spiro atoms. The van der Waals surface area contributed by atoms with Gasteiger partial charge in [-0.2, -0.15) is 5.26 Å². The number of nitrogens with one attached hydrogen (secondary N) is 1. The molecule has 134 valence electrons. The summed E-state index contributed by atoms with van der Waals surface area (Å²) >= 11 is 3.65. The van der Waals surface area contributed by atoms with Gasteiger partial charge in [0.1, 0.15) is 11.1 Å². The highest BCUT2D eigenvalue weighted by Crippen LogP contribution is 2.25. The molecule has 4 nitrogen and oxygen atoms in total. The van der Waals surface area contributed by atoms with Crippen molar-refractivity contribution in [3.63, 3.8) is 0 Å². The smallest absolute Gasteiger partial charge is 0.225 e. The Balaban J connectivity index is 1.62. The van der Waals surface area contributed by atoms with Gasteiger partial charge >= 0.3 is 0 Å². The van der Waals surface area contributed by atoms with E-state index in [1.807, 2.05) is 60.7 Å². The lowest BCUT2D eigenvalue weighted by molar-refractivity contribution is -0.115. The summed E-state index contributed by atoms with van der Waals surface area (Å²) in [6, 6.07) is 23.3. The second-order valence-electron chi connectivity index (χ2n) is 5.68. The van der Waals surface area contributed by atoms with Crippen LogP contribution in [0.25, 0.3) is 11.3 Å². The molecule has 1 aromatic heterocycles. The number of carbonyl (C=O) groups is 1. The van der Waals surface area contributed by atoms with Crippen molar-refractivity contribution < 1.29 is 4.79 Å². The second-order valence-corrected chi connectivity index (χ2v) is 8.01. The van der Waals surface area contributed by atoms with Crippen LogP contribution in [0.15, 0.2) is 71.8 Å². The molecule has 0 radical (unpaired) electrons. The summed E-state index contributed by atoms with van der Waals surface area (Å²) in [4.78, 5) is 16.7. The Morgan fingerprint density at radius 1 is 1.07 bits per heavy atom. The van der Waals surface area contributed by atoms with Crippen molar-refractivity contribution in [2.24, 2.45) is 0 Å². The monoisotopic (exact) mass is 485 g/mol. The van der Waals surface area contributed by atoms with Crippen LogP contribution in [0.2, 0.25) is 0 Å². The van der Waals surface area contributed by atoms with E-state index in [1.165, 1.54) is 11.8 Å². The number of nitriles is 1. The zero-order chi connectivity index (χ0) is 19.1. The van der Waals surface area contributed by atoms with Crippen molar-refractivity contribution in [1.82, 2.24) is 4.98 Å². The van der Waals surface area contributed by atoms with Gasteiger partial charge in [-0.15, -0.1) is 11.8 Å². The molecule has 1 N–H and O–H groups in total. The van der Waals surface area contributed by atoms with E-state index in [0.29, 0.717) is 22.8 Å². The number of anilines is 1. The largest absolute Gasteiger partial charge is 0.326 e. The van der Waals surface area contributed by atoms with E-state index in [2.05, 4.69) is 39.0 Å². The number of carbonyl (C=O) groups excluding carboxylic acids is 1. The summed E-state index contributed by atoms with van der Waals surface area (Å²) in [5, 5.41) is 12.9. The van der Waals surface area contributed by atoms with Crippen LogP contribution in [0.5, 0.6) is 0 Å². The van der Waals surface area contributed by atoms with Gasteiger partial charge in [0.15, 0.2) is 0 Å². The topological polar surface area (TPSA) is 65.8 Å². The quantitative estimate of drug-likeness (QED) is 0.378. The Bertz CT molecular complexity index is 969. The van der Waals surface area contributed by atoms with Crippen LogP contribution in [-0.4, -0.2) is 16.6 Å². The van der Waals surface area contributed by atoms with Crippen LogP contribution in [0.1, 0.15) is 12.0 Å². The van der Waals surface area contributed by atoms with Gasteiger partial charge in [0.05, 0.1) is 11.3 Å². The van der Waals surface area contributed by atoms with E-state index in [4.69, 9.17) is 0 Å². The van der Waals surface area contributed by atoms with Gasteiger partial charge in [0.25, 0.3) is 0 Å². The Kier molecular flexibility index (Phi) is 6.85. The third kappa shape index (κ3) is 5.55. The Hall–Kier alpha value is -2.37. The molecule has 0 unspecified atom stereocenters. The highest BCUT2D eigenvalue weighted by molar-refractivity contribution is 14.1. The Morgan fingerprint density at radius 3 is 2.52 bits per heavy atom. The number of benzene rings is 2. The van der Waals surface area contributed by atoms with Gasteiger partial charge < -0.3 is 5.32 Å². The first-order valence-corrected chi connectivity index (χ1v) is 10.4. The predicted octanol–water partition coefficient (Wildman–Crippen LogP) is 5.35. The molecular weight excluding hydrogens is 469 g/mol. The van der Waals surface area contributed by atoms with E-state index in [-0.39, 0.29) is 5.91 Å². The number of halogens is 1. The number of rotatable bonds is 6. The molecule has 0 aliphatic carbocycles. The summed E-state index contributed by atoms with van der Waals surface area (Å²) in [6.07, 6.45) is 0.346. The number of amides is 1. The normalized spacial score (nSPS) is 10.2. The van der Waals surface area contributed by atoms with Crippen LogP contribution in [0, 0.1) is 14.9 Å². The van der Waals surface area contributed by atoms with Crippen molar-refractivity contribution in [3.05, 3.63) is 75.9 Å². The van der Waals surface area contributed by atoms with Crippen molar-refractivity contribution in [2.75, 3.05) is 11.1 Å². The lowest BCUT2D eigenvalue weighted by Crippen LogP contribution is -2.12. The first kappa shape index (κ1) is 19.4. The van der Waals surface area contributed by atoms with Crippen LogP contribution >= 0.6 is 34.4 Å². The first-order chi connectivity index (χ1) is 13.2. The minimum atomic E-state index is -0.0542. The van der Waals surface area contributed by atoms with Crippen LogP contribution in [0.4, 0.5) is 5.69 Å². The Morgan fingerprint density at radius 2 is 1.81 bits per heavy atom. The van der Waals surface area contributed by atoms with Crippen molar-refractivity contribution in [2.45, 2.75) is 11.4 Å². The maximum atomic E-state index is 12.1. The van der Waals surface area contributed by atoms with Gasteiger partial charge in [-0.3, -0.25) is 4.79 Å². The molecular formula is C21H16IN3OS. The third-order valence-corrected chi connectivity index (χ3v) is 5.46. The highest BCUT2D eigenvalue weighted by Gasteiger charge is 2.09. The SMILES string of the molecule is N#Cc1ccc(-c2ccccc2)nc1SCCC(=O)Nc1ccc(I)cc1. The average Bonchev–Trinajstić information content (AvgIpc) is 2.70. The maximum Gasteiger partial charge on any atom is 0.225 e. The molecule has 0 fully saturated rings. The van der Waals surface area contributed by atoms with Crippen LogP contribution in [0.3, 0.4) is 0 Å². The lowest BCUT2D eigenvalue weighted by Gasteiger charge is -2.08. The second kappa shape index (κ2) is 9.53. The number of hydrogen-bond donors (Lipinski definition) is 1. The van der Waals surface area contributed by atoms with E-state index < -0.39 is 0 Å². The van der Waals surface area contributed by atoms with Crippen LogP contribution in [-0.2, 0) is 4.79 Å². The van der Waals surface area contributed by atoms with E-state index >= 15 is 0 Å².